The molecule has 1 heterocycles. The number of amides is 1. The number of rotatable bonds is 6. The largest absolute Gasteiger partial charge is 0.481 e. The highest BCUT2D eigenvalue weighted by Crippen LogP contribution is 2.23. The predicted molar refractivity (Wildman–Crippen MR) is 69.4 cm³/mol. The van der Waals surface area contributed by atoms with Crippen molar-refractivity contribution >= 4 is 28.2 Å². The second kappa shape index (κ2) is 6.28. The van der Waals surface area contributed by atoms with Crippen LogP contribution >= 0.6 is 11.3 Å². The highest BCUT2D eigenvalue weighted by molar-refractivity contribution is 7.13. The van der Waals surface area contributed by atoms with Gasteiger partial charge in [0.2, 0.25) is 0 Å². The Labute approximate surface area is 113 Å². The minimum Gasteiger partial charge on any atom is -0.481 e. The molecule has 7 nitrogen and oxygen atoms in total. The molecular weight excluding hydrogens is 272 g/mol. The topological polar surface area (TPSA) is 101 Å². The van der Waals surface area contributed by atoms with E-state index in [0.29, 0.717) is 6.54 Å². The molecule has 0 aromatic carbocycles. The van der Waals surface area contributed by atoms with Gasteiger partial charge in [-0.25, -0.2) is 0 Å². The number of carboxylic acid groups (broad SMARTS) is 1. The van der Waals surface area contributed by atoms with Crippen molar-refractivity contribution in [2.45, 2.75) is 13.8 Å². The molecule has 1 rings (SSSR count). The third-order valence-electron chi connectivity index (χ3n) is 2.60. The molecule has 0 bridgehead atoms. The van der Waals surface area contributed by atoms with E-state index in [1.807, 2.05) is 0 Å². The Kier molecular flexibility index (Phi) is 4.99. The molecule has 19 heavy (non-hydrogen) atoms. The summed E-state index contributed by atoms with van der Waals surface area (Å²) in [5.41, 5.74) is 0.219. The van der Waals surface area contributed by atoms with E-state index in [1.54, 1.807) is 6.92 Å². The molecular formula is C11H14N2O5S. The maximum Gasteiger partial charge on any atom is 0.324 e. The van der Waals surface area contributed by atoms with Gasteiger partial charge in [0.1, 0.15) is 0 Å². The number of thiophene rings is 1. The Hall–Kier alpha value is -1.96. The Bertz CT molecular complexity index is 499. The summed E-state index contributed by atoms with van der Waals surface area (Å²) in [7, 11) is 0. The predicted octanol–water partition coefficient (Wildman–Crippen LogP) is 1.84. The van der Waals surface area contributed by atoms with E-state index in [2.05, 4.69) is 0 Å². The van der Waals surface area contributed by atoms with Crippen molar-refractivity contribution in [2.24, 2.45) is 5.92 Å². The normalized spacial score (nSPS) is 11.9. The third-order valence-corrected chi connectivity index (χ3v) is 3.48. The molecule has 0 aliphatic carbocycles. The van der Waals surface area contributed by atoms with Crippen LogP contribution in [0.1, 0.15) is 24.2 Å². The smallest absolute Gasteiger partial charge is 0.324 e. The molecule has 0 saturated heterocycles. The number of carbonyl (C=O) groups excluding carboxylic acids is 1. The third kappa shape index (κ3) is 3.75. The maximum absolute atomic E-state index is 12.1. The average Bonchev–Trinajstić information content (AvgIpc) is 2.84. The minimum atomic E-state index is -0.984. The van der Waals surface area contributed by atoms with Crippen molar-refractivity contribution in [1.82, 2.24) is 4.90 Å². The maximum atomic E-state index is 12.1. The molecule has 0 aliphatic rings. The Morgan fingerprint density at radius 1 is 1.58 bits per heavy atom. The van der Waals surface area contributed by atoms with Crippen LogP contribution < -0.4 is 0 Å². The van der Waals surface area contributed by atoms with Crippen molar-refractivity contribution in [3.8, 4) is 0 Å². The summed E-state index contributed by atoms with van der Waals surface area (Å²) in [6, 6.07) is 1.21. The van der Waals surface area contributed by atoms with Crippen LogP contribution in [0.4, 0.5) is 5.00 Å². The van der Waals surface area contributed by atoms with Gasteiger partial charge in [-0.05, 0) is 6.92 Å². The summed E-state index contributed by atoms with van der Waals surface area (Å²) in [5, 5.41) is 20.7. The average molecular weight is 286 g/mol. The summed E-state index contributed by atoms with van der Waals surface area (Å²) in [4.78, 5) is 34.2. The van der Waals surface area contributed by atoms with Gasteiger partial charge in [0.15, 0.2) is 0 Å². The van der Waals surface area contributed by atoms with E-state index in [1.165, 1.54) is 23.3 Å². The first-order valence-corrected chi connectivity index (χ1v) is 6.49. The molecule has 1 atom stereocenters. The summed E-state index contributed by atoms with van der Waals surface area (Å²) >= 11 is 0.876. The summed E-state index contributed by atoms with van der Waals surface area (Å²) < 4.78 is 0. The van der Waals surface area contributed by atoms with E-state index >= 15 is 0 Å². The van der Waals surface area contributed by atoms with Gasteiger partial charge in [0.05, 0.1) is 16.4 Å². The van der Waals surface area contributed by atoms with Crippen molar-refractivity contribution in [2.75, 3.05) is 13.1 Å². The molecule has 104 valence electrons. The highest BCUT2D eigenvalue weighted by atomic mass is 32.1. The van der Waals surface area contributed by atoms with Gasteiger partial charge in [-0.2, -0.15) is 0 Å². The van der Waals surface area contributed by atoms with Gasteiger partial charge in [-0.1, -0.05) is 18.3 Å². The van der Waals surface area contributed by atoms with Gasteiger partial charge >= 0.3 is 11.0 Å². The fraction of sp³-hybridized carbons (Fsp3) is 0.455. The number of carboxylic acids is 1. The first kappa shape index (κ1) is 15.1. The lowest BCUT2D eigenvalue weighted by molar-refractivity contribution is -0.380. The molecule has 1 aromatic heterocycles. The first-order chi connectivity index (χ1) is 8.86. The van der Waals surface area contributed by atoms with Crippen LogP contribution in [0.3, 0.4) is 0 Å². The van der Waals surface area contributed by atoms with Gasteiger partial charge in [0, 0.05) is 24.5 Å². The van der Waals surface area contributed by atoms with Gasteiger partial charge in [-0.15, -0.1) is 0 Å². The number of nitrogens with zero attached hydrogens (tertiary/aromatic N) is 2. The van der Waals surface area contributed by atoms with Crippen LogP contribution in [0, 0.1) is 16.0 Å². The van der Waals surface area contributed by atoms with Crippen LogP contribution in [-0.4, -0.2) is 39.9 Å². The van der Waals surface area contributed by atoms with Crippen LogP contribution in [0.5, 0.6) is 0 Å². The molecule has 8 heteroatoms. The SMILES string of the molecule is CCN(CC(C)C(=O)O)C(=O)c1csc([N+](=O)[O-])c1. The van der Waals surface area contributed by atoms with Gasteiger partial charge < -0.3 is 10.0 Å². The lowest BCUT2D eigenvalue weighted by Gasteiger charge is -2.22. The van der Waals surface area contributed by atoms with E-state index in [9.17, 15) is 19.7 Å². The molecule has 1 amide bonds. The number of hydrogen-bond acceptors (Lipinski definition) is 5. The molecule has 0 fully saturated rings. The van der Waals surface area contributed by atoms with Crippen molar-refractivity contribution in [3.63, 3.8) is 0 Å². The summed E-state index contributed by atoms with van der Waals surface area (Å²) in [6.45, 7) is 3.66. The second-order valence-electron chi connectivity index (χ2n) is 4.01. The Morgan fingerprint density at radius 2 is 2.21 bits per heavy atom. The van der Waals surface area contributed by atoms with Crippen LogP contribution in [-0.2, 0) is 4.79 Å². The van der Waals surface area contributed by atoms with Crippen LogP contribution in [0.25, 0.3) is 0 Å². The highest BCUT2D eigenvalue weighted by Gasteiger charge is 2.22. The lowest BCUT2D eigenvalue weighted by Crippen LogP contribution is -2.36. The minimum absolute atomic E-state index is 0.0777. The van der Waals surface area contributed by atoms with Crippen molar-refractivity contribution < 1.29 is 19.6 Å². The lowest BCUT2D eigenvalue weighted by atomic mass is 10.1. The number of aliphatic carboxylic acids is 1. The Balaban J connectivity index is 2.83. The fourth-order valence-electron chi connectivity index (χ4n) is 1.48. The summed E-state index contributed by atoms with van der Waals surface area (Å²) in [6.07, 6.45) is 0. The fourth-order valence-corrected chi connectivity index (χ4v) is 2.18. The molecule has 1 unspecified atom stereocenters. The van der Waals surface area contributed by atoms with E-state index in [-0.39, 0.29) is 23.0 Å². The zero-order valence-electron chi connectivity index (χ0n) is 10.5. The number of carbonyl (C=O) groups is 2. The van der Waals surface area contributed by atoms with E-state index < -0.39 is 16.8 Å². The van der Waals surface area contributed by atoms with Crippen molar-refractivity contribution in [3.05, 3.63) is 27.1 Å². The van der Waals surface area contributed by atoms with Crippen molar-refractivity contribution in [1.29, 1.82) is 0 Å². The molecule has 0 aliphatic heterocycles. The molecule has 1 N–H and O–H groups in total. The zero-order chi connectivity index (χ0) is 14.6. The first-order valence-electron chi connectivity index (χ1n) is 5.61. The standard InChI is InChI=1S/C11H14N2O5S/c1-3-12(5-7(2)11(15)16)10(14)8-4-9(13(17)18)19-6-8/h4,6-7H,3,5H2,1-2H3,(H,15,16). The van der Waals surface area contributed by atoms with Crippen LogP contribution in [0.15, 0.2) is 11.4 Å². The molecule has 0 radical (unpaired) electrons. The van der Waals surface area contributed by atoms with Gasteiger partial charge in [0.25, 0.3) is 5.91 Å². The zero-order valence-corrected chi connectivity index (χ0v) is 11.3. The van der Waals surface area contributed by atoms with E-state index in [0.717, 1.165) is 11.3 Å². The van der Waals surface area contributed by atoms with E-state index in [4.69, 9.17) is 5.11 Å². The van der Waals surface area contributed by atoms with Gasteiger partial charge in [-0.3, -0.25) is 19.7 Å². The summed E-state index contributed by atoms with van der Waals surface area (Å²) in [5.74, 6) is -2.06. The quantitative estimate of drug-likeness (QED) is 0.635. The molecule has 0 spiro atoms. The number of nitro groups is 1. The Morgan fingerprint density at radius 3 is 2.63 bits per heavy atom. The molecule has 1 aromatic rings. The second-order valence-corrected chi connectivity index (χ2v) is 4.90. The number of hydrogen-bond donors (Lipinski definition) is 1. The monoisotopic (exact) mass is 286 g/mol. The molecule has 0 saturated carbocycles. The van der Waals surface area contributed by atoms with Crippen LogP contribution in [0.2, 0.25) is 0 Å².